The normalized spacial score (nSPS) is 18.7. The first-order valence-corrected chi connectivity index (χ1v) is 8.32. The zero-order valence-electron chi connectivity index (χ0n) is 14.4. The molecule has 1 heterocycles. The summed E-state index contributed by atoms with van der Waals surface area (Å²) in [6.45, 7) is 10.9. The summed E-state index contributed by atoms with van der Waals surface area (Å²) in [5, 5.41) is 3.43. The van der Waals surface area contributed by atoms with Crippen molar-refractivity contribution >= 4 is 5.69 Å². The predicted octanol–water partition coefficient (Wildman–Crippen LogP) is 3.90. The molecule has 1 aliphatic rings. The monoisotopic (exact) mass is 289 g/mol. The summed E-state index contributed by atoms with van der Waals surface area (Å²) >= 11 is 0. The molecule has 0 bridgehead atoms. The van der Waals surface area contributed by atoms with Crippen LogP contribution in [0.5, 0.6) is 0 Å². The highest BCUT2D eigenvalue weighted by Crippen LogP contribution is 2.38. The molecule has 1 N–H and O–H groups in total. The number of anilines is 1. The average Bonchev–Trinajstić information content (AvgIpc) is 2.45. The van der Waals surface area contributed by atoms with Gasteiger partial charge >= 0.3 is 0 Å². The first-order chi connectivity index (χ1) is 9.93. The minimum Gasteiger partial charge on any atom is -0.371 e. The van der Waals surface area contributed by atoms with E-state index in [1.54, 1.807) is 0 Å². The number of rotatable bonds is 5. The van der Waals surface area contributed by atoms with Crippen LogP contribution in [0.2, 0.25) is 0 Å². The van der Waals surface area contributed by atoms with Gasteiger partial charge in [0.1, 0.15) is 0 Å². The third-order valence-electron chi connectivity index (χ3n) is 4.90. The Morgan fingerprint density at radius 3 is 2.62 bits per heavy atom. The lowest BCUT2D eigenvalue weighted by atomic mass is 9.75. The van der Waals surface area contributed by atoms with Crippen LogP contribution < -0.4 is 10.2 Å². The number of nitrogens with zero attached hydrogens (tertiary/aromatic N) is 2. The van der Waals surface area contributed by atoms with Crippen LogP contribution in [0.4, 0.5) is 5.69 Å². The number of pyridine rings is 1. The molecule has 3 heteroatoms. The number of aromatic nitrogens is 1. The van der Waals surface area contributed by atoms with Crippen molar-refractivity contribution in [3.8, 4) is 0 Å². The first kappa shape index (κ1) is 16.3. The second-order valence-electron chi connectivity index (χ2n) is 7.24. The number of nitrogens with one attached hydrogen (secondary N) is 1. The fourth-order valence-corrected chi connectivity index (χ4v) is 3.27. The number of hydrogen-bond donors (Lipinski definition) is 1. The molecule has 0 amide bonds. The van der Waals surface area contributed by atoms with Crippen molar-refractivity contribution in [2.75, 3.05) is 18.5 Å². The van der Waals surface area contributed by atoms with Crippen LogP contribution in [-0.2, 0) is 6.54 Å². The Labute approximate surface area is 130 Å². The van der Waals surface area contributed by atoms with Crippen molar-refractivity contribution in [1.82, 2.24) is 10.3 Å². The molecular weight excluding hydrogens is 258 g/mol. The van der Waals surface area contributed by atoms with Gasteiger partial charge in [-0.3, -0.25) is 4.98 Å². The van der Waals surface area contributed by atoms with Gasteiger partial charge in [0.05, 0.1) is 0 Å². The maximum Gasteiger partial charge on any atom is 0.0445 e. The average molecular weight is 289 g/mol. The van der Waals surface area contributed by atoms with E-state index in [9.17, 15) is 0 Å². The van der Waals surface area contributed by atoms with Crippen LogP contribution in [0, 0.1) is 12.3 Å². The largest absolute Gasteiger partial charge is 0.371 e. The molecule has 1 aliphatic carbocycles. The molecule has 0 radical (unpaired) electrons. The molecular formula is C18H31N3. The van der Waals surface area contributed by atoms with Crippen molar-refractivity contribution in [2.24, 2.45) is 5.41 Å². The van der Waals surface area contributed by atoms with Gasteiger partial charge in [-0.2, -0.15) is 0 Å². The summed E-state index contributed by atoms with van der Waals surface area (Å²) in [5.74, 6) is 0. The maximum absolute atomic E-state index is 4.48. The SMILES string of the molecule is CCNCc1cnc(C)cc1N(C)C1CCC(C)(C)CC1. The van der Waals surface area contributed by atoms with Crippen LogP contribution in [0.3, 0.4) is 0 Å². The molecule has 118 valence electrons. The van der Waals surface area contributed by atoms with E-state index in [0.29, 0.717) is 11.5 Å². The quantitative estimate of drug-likeness (QED) is 0.891. The molecule has 0 unspecified atom stereocenters. The summed E-state index contributed by atoms with van der Waals surface area (Å²) in [6.07, 6.45) is 7.29. The molecule has 1 fully saturated rings. The summed E-state index contributed by atoms with van der Waals surface area (Å²) < 4.78 is 0. The first-order valence-electron chi connectivity index (χ1n) is 8.32. The fourth-order valence-electron chi connectivity index (χ4n) is 3.27. The molecule has 1 saturated carbocycles. The van der Waals surface area contributed by atoms with E-state index in [2.05, 4.69) is 56.0 Å². The van der Waals surface area contributed by atoms with Gasteiger partial charge in [0.25, 0.3) is 0 Å². The molecule has 3 nitrogen and oxygen atoms in total. The van der Waals surface area contributed by atoms with Crippen molar-refractivity contribution in [1.29, 1.82) is 0 Å². The van der Waals surface area contributed by atoms with Crippen molar-refractivity contribution in [2.45, 2.75) is 66.0 Å². The zero-order chi connectivity index (χ0) is 15.5. The van der Waals surface area contributed by atoms with Crippen LogP contribution in [0.15, 0.2) is 12.3 Å². The third kappa shape index (κ3) is 4.19. The highest BCUT2D eigenvalue weighted by Gasteiger charge is 2.29. The van der Waals surface area contributed by atoms with Gasteiger partial charge in [-0.05, 0) is 50.6 Å². The molecule has 2 rings (SSSR count). The van der Waals surface area contributed by atoms with Gasteiger partial charge in [0.15, 0.2) is 0 Å². The molecule has 0 spiro atoms. The Kier molecular flexibility index (Phi) is 5.26. The molecule has 21 heavy (non-hydrogen) atoms. The molecule has 0 aromatic carbocycles. The van der Waals surface area contributed by atoms with E-state index in [1.165, 1.54) is 36.9 Å². The summed E-state index contributed by atoms with van der Waals surface area (Å²) in [6, 6.07) is 2.91. The summed E-state index contributed by atoms with van der Waals surface area (Å²) in [7, 11) is 2.26. The van der Waals surface area contributed by atoms with E-state index in [1.807, 2.05) is 6.20 Å². The Bertz CT molecular complexity index is 458. The Morgan fingerprint density at radius 1 is 1.33 bits per heavy atom. The number of hydrogen-bond acceptors (Lipinski definition) is 3. The third-order valence-corrected chi connectivity index (χ3v) is 4.90. The Balaban J connectivity index is 2.14. The van der Waals surface area contributed by atoms with E-state index >= 15 is 0 Å². The second kappa shape index (κ2) is 6.78. The van der Waals surface area contributed by atoms with Crippen LogP contribution in [-0.4, -0.2) is 24.6 Å². The smallest absolute Gasteiger partial charge is 0.0445 e. The number of aryl methyl sites for hydroxylation is 1. The molecule has 0 aliphatic heterocycles. The summed E-state index contributed by atoms with van der Waals surface area (Å²) in [4.78, 5) is 6.97. The van der Waals surface area contributed by atoms with Gasteiger partial charge in [-0.25, -0.2) is 0 Å². The lowest BCUT2D eigenvalue weighted by Gasteiger charge is -2.40. The topological polar surface area (TPSA) is 28.2 Å². The molecule has 1 aromatic heterocycles. The highest BCUT2D eigenvalue weighted by molar-refractivity contribution is 5.54. The minimum atomic E-state index is 0.526. The van der Waals surface area contributed by atoms with Gasteiger partial charge in [0.2, 0.25) is 0 Å². The Hall–Kier alpha value is -1.09. The van der Waals surface area contributed by atoms with Crippen molar-refractivity contribution in [3.63, 3.8) is 0 Å². The van der Waals surface area contributed by atoms with Crippen LogP contribution in [0.1, 0.15) is 57.7 Å². The van der Waals surface area contributed by atoms with Gasteiger partial charge < -0.3 is 10.2 Å². The second-order valence-corrected chi connectivity index (χ2v) is 7.24. The Morgan fingerprint density at radius 2 is 2.00 bits per heavy atom. The van der Waals surface area contributed by atoms with E-state index < -0.39 is 0 Å². The standard InChI is InChI=1S/C18H31N3/c1-6-19-12-15-13-20-14(2)11-17(15)21(5)16-7-9-18(3,4)10-8-16/h11,13,16,19H,6-10,12H2,1-5H3. The zero-order valence-corrected chi connectivity index (χ0v) is 14.4. The van der Waals surface area contributed by atoms with Crippen LogP contribution >= 0.6 is 0 Å². The molecule has 0 saturated heterocycles. The highest BCUT2D eigenvalue weighted by atomic mass is 15.1. The van der Waals surface area contributed by atoms with Crippen LogP contribution in [0.25, 0.3) is 0 Å². The lowest BCUT2D eigenvalue weighted by Crippen LogP contribution is -2.38. The fraction of sp³-hybridized carbons (Fsp3) is 0.722. The van der Waals surface area contributed by atoms with E-state index in [0.717, 1.165) is 18.8 Å². The summed E-state index contributed by atoms with van der Waals surface area (Å²) in [5.41, 5.74) is 4.30. The predicted molar refractivity (Wildman–Crippen MR) is 90.8 cm³/mol. The van der Waals surface area contributed by atoms with E-state index in [4.69, 9.17) is 0 Å². The van der Waals surface area contributed by atoms with Crippen molar-refractivity contribution < 1.29 is 0 Å². The lowest BCUT2D eigenvalue weighted by molar-refractivity contribution is 0.222. The molecule has 0 atom stereocenters. The van der Waals surface area contributed by atoms with Gasteiger partial charge in [-0.15, -0.1) is 0 Å². The molecule has 1 aromatic rings. The minimum absolute atomic E-state index is 0.526. The van der Waals surface area contributed by atoms with Gasteiger partial charge in [-0.1, -0.05) is 20.8 Å². The van der Waals surface area contributed by atoms with E-state index in [-0.39, 0.29) is 0 Å². The maximum atomic E-state index is 4.48. The van der Waals surface area contributed by atoms with Crippen molar-refractivity contribution in [3.05, 3.63) is 23.5 Å². The van der Waals surface area contributed by atoms with Gasteiger partial charge in [0, 0.05) is 42.8 Å².